The summed E-state index contributed by atoms with van der Waals surface area (Å²) in [6.45, 7) is 3.64. The molecule has 1 rings (SSSR count). The van der Waals surface area contributed by atoms with Crippen molar-refractivity contribution < 1.29 is 9.47 Å². The van der Waals surface area contributed by atoms with Gasteiger partial charge in [-0.3, -0.25) is 0 Å². The minimum absolute atomic E-state index is 0.660. The molecule has 1 heterocycles. The van der Waals surface area contributed by atoms with Crippen LogP contribution in [0.1, 0.15) is 32.1 Å². The Hall–Kier alpha value is 0.270. The smallest absolute Gasteiger partial charge is 0.0517 e. The fourth-order valence-electron chi connectivity index (χ4n) is 1.63. The molecule has 0 amide bonds. The normalized spacial score (nSPS) is 21.6. The van der Waals surface area contributed by atoms with Gasteiger partial charge in [0.15, 0.2) is 0 Å². The molecule has 0 aromatic heterocycles. The predicted molar refractivity (Wildman–Crippen MR) is 62.1 cm³/mol. The summed E-state index contributed by atoms with van der Waals surface area (Å²) >= 11 is 4.18. The number of rotatable bonds is 8. The highest BCUT2D eigenvalue weighted by Gasteiger charge is 2.14. The first-order valence-corrected chi connectivity index (χ1v) is 6.33. The Bertz CT molecular complexity index is 124. The minimum atomic E-state index is 0.660. The summed E-state index contributed by atoms with van der Waals surface area (Å²) in [7, 11) is 0. The van der Waals surface area contributed by atoms with Crippen molar-refractivity contribution in [2.45, 2.75) is 32.1 Å². The molecule has 1 aliphatic heterocycles. The molecule has 1 aliphatic rings. The molecule has 0 aliphatic carbocycles. The zero-order valence-electron chi connectivity index (χ0n) is 8.91. The molecule has 0 saturated carbocycles. The van der Waals surface area contributed by atoms with Crippen molar-refractivity contribution in [3.05, 3.63) is 0 Å². The Kier molecular flexibility index (Phi) is 7.55. The highest BCUT2D eigenvalue weighted by Crippen LogP contribution is 2.12. The van der Waals surface area contributed by atoms with Gasteiger partial charge in [-0.25, -0.2) is 0 Å². The molecule has 0 radical (unpaired) electrons. The summed E-state index contributed by atoms with van der Waals surface area (Å²) < 4.78 is 10.9. The van der Waals surface area contributed by atoms with Gasteiger partial charge in [0, 0.05) is 19.1 Å². The Morgan fingerprint density at radius 2 is 2.07 bits per heavy atom. The van der Waals surface area contributed by atoms with Crippen molar-refractivity contribution in [1.29, 1.82) is 0 Å². The van der Waals surface area contributed by atoms with E-state index >= 15 is 0 Å². The van der Waals surface area contributed by atoms with E-state index in [1.54, 1.807) is 0 Å². The van der Waals surface area contributed by atoms with Gasteiger partial charge < -0.3 is 9.47 Å². The number of unbranched alkanes of at least 4 members (excludes halogenated alkanes) is 3. The van der Waals surface area contributed by atoms with Crippen molar-refractivity contribution in [3.8, 4) is 0 Å². The van der Waals surface area contributed by atoms with E-state index in [1.165, 1.54) is 32.1 Å². The van der Waals surface area contributed by atoms with Crippen LogP contribution < -0.4 is 0 Å². The van der Waals surface area contributed by atoms with Crippen molar-refractivity contribution >= 4 is 12.6 Å². The highest BCUT2D eigenvalue weighted by molar-refractivity contribution is 7.80. The summed E-state index contributed by atoms with van der Waals surface area (Å²) in [5.74, 6) is 1.67. The lowest BCUT2D eigenvalue weighted by Gasteiger charge is -2.08. The maximum absolute atomic E-state index is 5.60. The molecule has 1 unspecified atom stereocenters. The zero-order chi connectivity index (χ0) is 10.1. The fraction of sp³-hybridized carbons (Fsp3) is 1.00. The quantitative estimate of drug-likeness (QED) is 0.498. The molecular formula is C11H22O2S. The fourth-order valence-corrected chi connectivity index (χ4v) is 1.86. The third-order valence-corrected chi connectivity index (χ3v) is 2.89. The molecule has 0 N–H and O–H groups in total. The van der Waals surface area contributed by atoms with Gasteiger partial charge in [-0.15, -0.1) is 0 Å². The van der Waals surface area contributed by atoms with E-state index in [0.717, 1.165) is 32.2 Å². The van der Waals surface area contributed by atoms with Crippen molar-refractivity contribution in [1.82, 2.24) is 0 Å². The van der Waals surface area contributed by atoms with Crippen LogP contribution in [0.2, 0.25) is 0 Å². The van der Waals surface area contributed by atoms with Gasteiger partial charge in [0.2, 0.25) is 0 Å². The van der Waals surface area contributed by atoms with E-state index in [4.69, 9.17) is 9.47 Å². The van der Waals surface area contributed by atoms with Gasteiger partial charge in [0.1, 0.15) is 0 Å². The number of thiol groups is 1. The second kappa shape index (κ2) is 8.57. The van der Waals surface area contributed by atoms with Crippen molar-refractivity contribution in [2.24, 2.45) is 5.92 Å². The molecule has 14 heavy (non-hydrogen) atoms. The van der Waals surface area contributed by atoms with Crippen LogP contribution in [0.5, 0.6) is 0 Å². The molecule has 0 bridgehead atoms. The minimum Gasteiger partial charge on any atom is -0.381 e. The van der Waals surface area contributed by atoms with E-state index in [9.17, 15) is 0 Å². The molecule has 2 nitrogen and oxygen atoms in total. The molecular weight excluding hydrogens is 196 g/mol. The van der Waals surface area contributed by atoms with E-state index in [2.05, 4.69) is 12.6 Å². The second-order valence-electron chi connectivity index (χ2n) is 3.94. The number of hydrogen-bond acceptors (Lipinski definition) is 3. The van der Waals surface area contributed by atoms with Gasteiger partial charge in [0.25, 0.3) is 0 Å². The van der Waals surface area contributed by atoms with Crippen molar-refractivity contribution in [2.75, 3.05) is 32.2 Å². The molecule has 0 aromatic rings. The monoisotopic (exact) mass is 218 g/mol. The summed E-state index contributed by atoms with van der Waals surface area (Å²) in [5.41, 5.74) is 0. The third kappa shape index (κ3) is 5.89. The van der Waals surface area contributed by atoms with Crippen LogP contribution in [0.25, 0.3) is 0 Å². The van der Waals surface area contributed by atoms with Crippen molar-refractivity contribution in [3.63, 3.8) is 0 Å². The van der Waals surface area contributed by atoms with Gasteiger partial charge in [-0.2, -0.15) is 12.6 Å². The van der Waals surface area contributed by atoms with Gasteiger partial charge in [-0.1, -0.05) is 12.8 Å². The second-order valence-corrected chi connectivity index (χ2v) is 4.39. The lowest BCUT2D eigenvalue weighted by Crippen LogP contribution is -2.09. The van der Waals surface area contributed by atoms with Crippen LogP contribution in [0, 0.1) is 5.92 Å². The first-order chi connectivity index (χ1) is 6.93. The van der Waals surface area contributed by atoms with Crippen LogP contribution in [0.4, 0.5) is 0 Å². The van der Waals surface area contributed by atoms with Gasteiger partial charge in [-0.05, 0) is 25.0 Å². The Balaban J connectivity index is 1.75. The van der Waals surface area contributed by atoms with E-state index in [1.807, 2.05) is 0 Å². The Morgan fingerprint density at radius 1 is 1.21 bits per heavy atom. The molecule has 0 aromatic carbocycles. The first kappa shape index (κ1) is 12.3. The van der Waals surface area contributed by atoms with E-state index in [-0.39, 0.29) is 0 Å². The average molecular weight is 218 g/mol. The SMILES string of the molecule is SCCCCCCOCC1CCOC1. The van der Waals surface area contributed by atoms with Crippen LogP contribution in [0.15, 0.2) is 0 Å². The summed E-state index contributed by atoms with van der Waals surface area (Å²) in [6.07, 6.45) is 6.18. The lowest BCUT2D eigenvalue weighted by atomic mass is 10.1. The molecule has 1 atom stereocenters. The molecule has 1 fully saturated rings. The molecule has 0 spiro atoms. The van der Waals surface area contributed by atoms with Crippen LogP contribution >= 0.6 is 12.6 Å². The van der Waals surface area contributed by atoms with Gasteiger partial charge in [0.05, 0.1) is 13.2 Å². The molecule has 1 saturated heterocycles. The van der Waals surface area contributed by atoms with E-state index in [0.29, 0.717) is 5.92 Å². The van der Waals surface area contributed by atoms with E-state index < -0.39 is 0 Å². The lowest BCUT2D eigenvalue weighted by molar-refractivity contribution is 0.0872. The first-order valence-electron chi connectivity index (χ1n) is 5.70. The third-order valence-electron chi connectivity index (χ3n) is 2.57. The topological polar surface area (TPSA) is 18.5 Å². The summed E-state index contributed by atoms with van der Waals surface area (Å²) in [5, 5.41) is 0. The van der Waals surface area contributed by atoms with Crippen LogP contribution in [0.3, 0.4) is 0 Å². The average Bonchev–Trinajstić information content (AvgIpc) is 2.69. The van der Waals surface area contributed by atoms with Crippen LogP contribution in [-0.2, 0) is 9.47 Å². The molecule has 84 valence electrons. The van der Waals surface area contributed by atoms with Gasteiger partial charge >= 0.3 is 0 Å². The van der Waals surface area contributed by atoms with Crippen LogP contribution in [-0.4, -0.2) is 32.2 Å². The standard InChI is InChI=1S/C11H22O2S/c14-8-4-2-1-3-6-12-9-11-5-7-13-10-11/h11,14H,1-10H2. The Labute approximate surface area is 92.8 Å². The summed E-state index contributed by atoms with van der Waals surface area (Å²) in [6, 6.07) is 0. The maximum atomic E-state index is 5.60. The zero-order valence-corrected chi connectivity index (χ0v) is 9.81. The Morgan fingerprint density at radius 3 is 2.79 bits per heavy atom. The molecule has 3 heteroatoms. The highest BCUT2D eigenvalue weighted by atomic mass is 32.1. The largest absolute Gasteiger partial charge is 0.381 e. The number of hydrogen-bond donors (Lipinski definition) is 1. The summed E-state index contributed by atoms with van der Waals surface area (Å²) in [4.78, 5) is 0. The predicted octanol–water partition coefficient (Wildman–Crippen LogP) is 2.53. The number of ether oxygens (including phenoxy) is 2. The maximum Gasteiger partial charge on any atom is 0.0517 e.